The highest BCUT2D eigenvalue weighted by molar-refractivity contribution is 6.35. The predicted molar refractivity (Wildman–Crippen MR) is 71.8 cm³/mol. The van der Waals surface area contributed by atoms with E-state index in [0.29, 0.717) is 0 Å². The molecule has 0 amide bonds. The maximum atomic E-state index is 6.23. The molecule has 1 N–H and O–H groups in total. The van der Waals surface area contributed by atoms with Crippen LogP contribution >= 0.6 is 11.6 Å². The molecule has 1 aromatic carbocycles. The molecule has 0 aliphatic carbocycles. The molecule has 17 heavy (non-hydrogen) atoms. The summed E-state index contributed by atoms with van der Waals surface area (Å²) in [6, 6.07) is 6.03. The van der Waals surface area contributed by atoms with Gasteiger partial charge in [0.2, 0.25) is 0 Å². The van der Waals surface area contributed by atoms with Crippen LogP contribution in [0.25, 0.3) is 10.9 Å². The molecule has 0 spiro atoms. The molecule has 0 bridgehead atoms. The number of nitrogens with one attached hydrogen (secondary N) is 1. The van der Waals surface area contributed by atoms with Crippen LogP contribution in [0.1, 0.15) is 16.8 Å². The van der Waals surface area contributed by atoms with Crippen molar-refractivity contribution in [3.05, 3.63) is 40.0 Å². The molecule has 3 heteroatoms. The van der Waals surface area contributed by atoms with E-state index in [4.69, 9.17) is 16.6 Å². The van der Waals surface area contributed by atoms with Crippen LogP contribution in [0, 0.1) is 6.92 Å². The van der Waals surface area contributed by atoms with E-state index in [9.17, 15) is 0 Å². The Morgan fingerprint density at radius 2 is 2.06 bits per heavy atom. The Kier molecular flexibility index (Phi) is 2.77. The van der Waals surface area contributed by atoms with Gasteiger partial charge in [0, 0.05) is 24.0 Å². The number of hydrogen-bond acceptors (Lipinski definition) is 2. The van der Waals surface area contributed by atoms with Gasteiger partial charge in [0.15, 0.2) is 0 Å². The average molecular weight is 247 g/mol. The second kappa shape index (κ2) is 4.28. The Labute approximate surface area is 106 Å². The largest absolute Gasteiger partial charge is 0.316 e. The van der Waals surface area contributed by atoms with E-state index in [1.807, 2.05) is 12.1 Å². The van der Waals surface area contributed by atoms with Crippen molar-refractivity contribution >= 4 is 22.5 Å². The summed E-state index contributed by atoms with van der Waals surface area (Å²) < 4.78 is 0. The van der Waals surface area contributed by atoms with Gasteiger partial charge < -0.3 is 5.32 Å². The molecule has 88 valence electrons. The van der Waals surface area contributed by atoms with E-state index in [-0.39, 0.29) is 0 Å². The molecular weight excluding hydrogens is 232 g/mol. The van der Waals surface area contributed by atoms with Crippen molar-refractivity contribution in [3.8, 4) is 0 Å². The number of halogens is 1. The fraction of sp³-hybridized carbons (Fsp3) is 0.357. The fourth-order valence-corrected chi connectivity index (χ4v) is 2.81. The molecule has 0 radical (unpaired) electrons. The zero-order valence-electron chi connectivity index (χ0n) is 9.89. The van der Waals surface area contributed by atoms with Crippen LogP contribution in [0.15, 0.2) is 18.2 Å². The van der Waals surface area contributed by atoms with Crippen molar-refractivity contribution in [1.29, 1.82) is 0 Å². The first-order valence-electron chi connectivity index (χ1n) is 6.04. The number of nitrogens with zero attached hydrogens (tertiary/aromatic N) is 1. The molecule has 3 rings (SSSR count). The zero-order valence-corrected chi connectivity index (χ0v) is 10.6. The zero-order chi connectivity index (χ0) is 11.8. The van der Waals surface area contributed by atoms with Gasteiger partial charge in [0.25, 0.3) is 0 Å². The lowest BCUT2D eigenvalue weighted by atomic mass is 9.98. The number of aryl methyl sites for hydroxylation is 1. The van der Waals surface area contributed by atoms with E-state index >= 15 is 0 Å². The van der Waals surface area contributed by atoms with Crippen molar-refractivity contribution in [2.75, 3.05) is 13.1 Å². The Balaban J connectivity index is 2.33. The summed E-state index contributed by atoms with van der Waals surface area (Å²) >= 11 is 6.23. The Morgan fingerprint density at radius 1 is 1.24 bits per heavy atom. The summed E-state index contributed by atoms with van der Waals surface area (Å²) in [7, 11) is 0. The second-order valence-corrected chi connectivity index (χ2v) is 4.96. The van der Waals surface area contributed by atoms with Crippen LogP contribution in [0.3, 0.4) is 0 Å². The maximum Gasteiger partial charge on any atom is 0.0894 e. The third-order valence-electron chi connectivity index (χ3n) is 3.53. The minimum atomic E-state index is 0.755. The summed E-state index contributed by atoms with van der Waals surface area (Å²) in [5, 5.41) is 5.37. The molecule has 1 aliphatic rings. The first-order chi connectivity index (χ1) is 8.27. The first kappa shape index (κ1) is 11.0. The van der Waals surface area contributed by atoms with Crippen molar-refractivity contribution in [3.63, 3.8) is 0 Å². The van der Waals surface area contributed by atoms with Crippen molar-refractivity contribution in [2.45, 2.75) is 19.8 Å². The highest BCUT2D eigenvalue weighted by Crippen LogP contribution is 2.28. The molecule has 0 unspecified atom stereocenters. The standard InChI is InChI=1S/C14H15ClN2/c1-9-10-5-7-16-8-6-13(10)17-14-11(9)3-2-4-12(14)15/h2-4,16H,5-8H2,1H3. The Bertz CT molecular complexity index is 578. The number of para-hydroxylation sites is 1. The monoisotopic (exact) mass is 246 g/mol. The van der Waals surface area contributed by atoms with Gasteiger partial charge in [0.05, 0.1) is 10.5 Å². The predicted octanol–water partition coefficient (Wildman–Crippen LogP) is 2.88. The highest BCUT2D eigenvalue weighted by atomic mass is 35.5. The molecule has 0 saturated carbocycles. The van der Waals surface area contributed by atoms with E-state index in [2.05, 4.69) is 18.3 Å². The molecule has 0 atom stereocenters. The summed E-state index contributed by atoms with van der Waals surface area (Å²) in [5.41, 5.74) is 4.92. The fourth-order valence-electron chi connectivity index (χ4n) is 2.60. The lowest BCUT2D eigenvalue weighted by molar-refractivity contribution is 0.708. The quantitative estimate of drug-likeness (QED) is 0.773. The van der Waals surface area contributed by atoms with Gasteiger partial charge in [-0.3, -0.25) is 4.98 Å². The van der Waals surface area contributed by atoms with Crippen LogP contribution in [-0.4, -0.2) is 18.1 Å². The number of hydrogen-bond donors (Lipinski definition) is 1. The van der Waals surface area contributed by atoms with Gasteiger partial charge >= 0.3 is 0 Å². The van der Waals surface area contributed by atoms with Gasteiger partial charge in [-0.1, -0.05) is 23.7 Å². The second-order valence-electron chi connectivity index (χ2n) is 4.55. The molecular formula is C14H15ClN2. The number of rotatable bonds is 0. The summed E-state index contributed by atoms with van der Waals surface area (Å²) in [5.74, 6) is 0. The molecule has 2 aromatic rings. The summed E-state index contributed by atoms with van der Waals surface area (Å²) in [6.07, 6.45) is 2.06. The lowest BCUT2D eigenvalue weighted by Gasteiger charge is -2.12. The summed E-state index contributed by atoms with van der Waals surface area (Å²) in [4.78, 5) is 4.76. The minimum absolute atomic E-state index is 0.755. The topological polar surface area (TPSA) is 24.9 Å². The Morgan fingerprint density at radius 3 is 2.94 bits per heavy atom. The van der Waals surface area contributed by atoms with E-state index in [0.717, 1.165) is 36.5 Å². The lowest BCUT2D eigenvalue weighted by Crippen LogP contribution is -2.16. The van der Waals surface area contributed by atoms with Crippen LogP contribution in [0.5, 0.6) is 0 Å². The van der Waals surface area contributed by atoms with Gasteiger partial charge in [-0.05, 0) is 37.1 Å². The smallest absolute Gasteiger partial charge is 0.0894 e. The molecule has 2 heterocycles. The number of fused-ring (bicyclic) bond motifs is 2. The molecule has 1 aliphatic heterocycles. The van der Waals surface area contributed by atoms with Crippen molar-refractivity contribution in [1.82, 2.24) is 10.3 Å². The van der Waals surface area contributed by atoms with E-state index < -0.39 is 0 Å². The number of benzene rings is 1. The molecule has 1 aromatic heterocycles. The Hall–Kier alpha value is -1.12. The summed E-state index contributed by atoms with van der Waals surface area (Å²) in [6.45, 7) is 4.24. The number of pyridine rings is 1. The van der Waals surface area contributed by atoms with Crippen LogP contribution in [-0.2, 0) is 12.8 Å². The van der Waals surface area contributed by atoms with Gasteiger partial charge in [0.1, 0.15) is 0 Å². The van der Waals surface area contributed by atoms with Crippen LogP contribution in [0.4, 0.5) is 0 Å². The third kappa shape index (κ3) is 1.81. The maximum absolute atomic E-state index is 6.23. The van der Waals surface area contributed by atoms with E-state index in [1.165, 1.54) is 22.2 Å². The highest BCUT2D eigenvalue weighted by Gasteiger charge is 2.15. The van der Waals surface area contributed by atoms with Crippen molar-refractivity contribution in [2.24, 2.45) is 0 Å². The molecule has 0 saturated heterocycles. The first-order valence-corrected chi connectivity index (χ1v) is 6.42. The van der Waals surface area contributed by atoms with E-state index in [1.54, 1.807) is 0 Å². The number of aromatic nitrogens is 1. The van der Waals surface area contributed by atoms with Gasteiger partial charge in [-0.2, -0.15) is 0 Å². The normalized spacial score (nSPS) is 15.6. The SMILES string of the molecule is Cc1c2c(nc3c(Cl)cccc13)CCNCC2. The average Bonchev–Trinajstić information content (AvgIpc) is 2.56. The third-order valence-corrected chi connectivity index (χ3v) is 3.83. The molecule has 0 fully saturated rings. The van der Waals surface area contributed by atoms with Gasteiger partial charge in [-0.15, -0.1) is 0 Å². The van der Waals surface area contributed by atoms with Crippen LogP contribution in [0.2, 0.25) is 5.02 Å². The minimum Gasteiger partial charge on any atom is -0.316 e. The molecule has 2 nitrogen and oxygen atoms in total. The van der Waals surface area contributed by atoms with Crippen molar-refractivity contribution < 1.29 is 0 Å². The van der Waals surface area contributed by atoms with Crippen LogP contribution < -0.4 is 5.32 Å². The van der Waals surface area contributed by atoms with Gasteiger partial charge in [-0.25, -0.2) is 0 Å².